The van der Waals surface area contributed by atoms with E-state index in [-0.39, 0.29) is 0 Å². The second-order valence-electron chi connectivity index (χ2n) is 6.49. The normalized spacial score (nSPS) is 14.3. The van der Waals surface area contributed by atoms with Gasteiger partial charge in [-0.05, 0) is 55.0 Å². The summed E-state index contributed by atoms with van der Waals surface area (Å²) in [6, 6.07) is 24.4. The molecule has 4 aromatic rings. The van der Waals surface area contributed by atoms with Crippen molar-refractivity contribution >= 4 is 21.8 Å². The second kappa shape index (κ2) is 4.99. The van der Waals surface area contributed by atoms with Gasteiger partial charge >= 0.3 is 0 Å². The summed E-state index contributed by atoms with van der Waals surface area (Å²) in [6.45, 7) is 0. The van der Waals surface area contributed by atoms with Crippen molar-refractivity contribution in [1.29, 1.82) is 0 Å². The molecule has 0 radical (unpaired) electrons. The highest BCUT2D eigenvalue weighted by Crippen LogP contribution is 2.35. The fraction of sp³-hybridized carbons (Fsp3) is 0.182. The monoisotopic (exact) mass is 297 g/mol. The van der Waals surface area contributed by atoms with Crippen molar-refractivity contribution in [3.05, 3.63) is 77.9 Å². The maximum atomic E-state index is 2.47. The van der Waals surface area contributed by atoms with Crippen LogP contribution in [0, 0.1) is 0 Å². The SMILES string of the molecule is c1cc2c(c(-n3c4ccccc4c4ccccc43)c1)CCCC2. The van der Waals surface area contributed by atoms with Crippen molar-refractivity contribution in [3.8, 4) is 5.69 Å². The number of aromatic nitrogens is 1. The van der Waals surface area contributed by atoms with Gasteiger partial charge in [-0.2, -0.15) is 0 Å². The Kier molecular flexibility index (Phi) is 2.81. The molecule has 0 bridgehead atoms. The summed E-state index contributed by atoms with van der Waals surface area (Å²) in [5.74, 6) is 0. The highest BCUT2D eigenvalue weighted by molar-refractivity contribution is 6.09. The second-order valence-corrected chi connectivity index (χ2v) is 6.49. The maximum Gasteiger partial charge on any atom is 0.0541 e. The van der Waals surface area contributed by atoms with Crippen LogP contribution in [0.15, 0.2) is 66.7 Å². The van der Waals surface area contributed by atoms with Crippen LogP contribution in [0.3, 0.4) is 0 Å². The number of benzene rings is 3. The van der Waals surface area contributed by atoms with Gasteiger partial charge in [0.2, 0.25) is 0 Å². The first-order valence-electron chi connectivity index (χ1n) is 8.53. The molecule has 1 nitrogen and oxygen atoms in total. The molecule has 0 atom stereocenters. The standard InChI is InChI=1S/C22H19N/c1-2-10-17-16(8-1)9-7-15-20(17)23-21-13-5-3-11-18(21)19-12-4-6-14-22(19)23/h3-7,9,11-15H,1-2,8,10H2. The van der Waals surface area contributed by atoms with Crippen LogP contribution in [0.5, 0.6) is 0 Å². The van der Waals surface area contributed by atoms with Gasteiger partial charge in [0.15, 0.2) is 0 Å². The topological polar surface area (TPSA) is 4.93 Å². The van der Waals surface area contributed by atoms with Crippen LogP contribution in [-0.2, 0) is 12.8 Å². The summed E-state index contributed by atoms with van der Waals surface area (Å²) >= 11 is 0. The Balaban J connectivity index is 1.93. The number of hydrogen-bond acceptors (Lipinski definition) is 0. The molecule has 0 unspecified atom stereocenters. The Hall–Kier alpha value is -2.54. The van der Waals surface area contributed by atoms with Gasteiger partial charge in [0, 0.05) is 16.5 Å². The number of hydrogen-bond donors (Lipinski definition) is 0. The minimum atomic E-state index is 1.20. The molecule has 1 heterocycles. The van der Waals surface area contributed by atoms with Crippen molar-refractivity contribution in [2.24, 2.45) is 0 Å². The lowest BCUT2D eigenvalue weighted by Gasteiger charge is -2.21. The van der Waals surface area contributed by atoms with Gasteiger partial charge in [0.1, 0.15) is 0 Å². The molecule has 0 N–H and O–H groups in total. The predicted molar refractivity (Wildman–Crippen MR) is 97.4 cm³/mol. The van der Waals surface area contributed by atoms with Gasteiger partial charge in [-0.3, -0.25) is 0 Å². The van der Waals surface area contributed by atoms with Gasteiger partial charge in [0.05, 0.1) is 11.0 Å². The van der Waals surface area contributed by atoms with Crippen molar-refractivity contribution in [3.63, 3.8) is 0 Å². The van der Waals surface area contributed by atoms with E-state index in [2.05, 4.69) is 71.3 Å². The van der Waals surface area contributed by atoms with E-state index in [9.17, 15) is 0 Å². The van der Waals surface area contributed by atoms with E-state index < -0.39 is 0 Å². The lowest BCUT2D eigenvalue weighted by molar-refractivity contribution is 0.682. The van der Waals surface area contributed by atoms with E-state index in [4.69, 9.17) is 0 Å². The van der Waals surface area contributed by atoms with Crippen LogP contribution >= 0.6 is 0 Å². The van der Waals surface area contributed by atoms with Crippen molar-refractivity contribution in [2.75, 3.05) is 0 Å². The zero-order chi connectivity index (χ0) is 15.2. The third-order valence-corrected chi connectivity index (χ3v) is 5.19. The van der Waals surface area contributed by atoms with Gasteiger partial charge in [0.25, 0.3) is 0 Å². The average molecular weight is 297 g/mol. The summed E-state index contributed by atoms with van der Waals surface area (Å²) in [4.78, 5) is 0. The van der Waals surface area contributed by atoms with E-state index in [1.807, 2.05) is 0 Å². The summed E-state index contributed by atoms with van der Waals surface area (Å²) in [5.41, 5.74) is 7.08. The van der Waals surface area contributed by atoms with E-state index in [1.54, 1.807) is 5.56 Å². The number of nitrogens with zero attached hydrogens (tertiary/aromatic N) is 1. The molecule has 0 saturated carbocycles. The lowest BCUT2D eigenvalue weighted by atomic mass is 9.90. The predicted octanol–water partition coefficient (Wildman–Crippen LogP) is 5.66. The Morgan fingerprint density at radius 1 is 0.609 bits per heavy atom. The van der Waals surface area contributed by atoms with E-state index in [0.717, 1.165) is 0 Å². The molecule has 5 rings (SSSR count). The molecule has 1 aromatic heterocycles. The molecule has 3 aromatic carbocycles. The van der Waals surface area contributed by atoms with Crippen LogP contribution < -0.4 is 0 Å². The van der Waals surface area contributed by atoms with E-state index in [1.165, 1.54) is 58.7 Å². The van der Waals surface area contributed by atoms with E-state index >= 15 is 0 Å². The highest BCUT2D eigenvalue weighted by Gasteiger charge is 2.17. The molecule has 0 aliphatic heterocycles. The highest BCUT2D eigenvalue weighted by atomic mass is 15.0. The zero-order valence-electron chi connectivity index (χ0n) is 13.1. The van der Waals surface area contributed by atoms with Gasteiger partial charge in [-0.25, -0.2) is 0 Å². The fourth-order valence-corrected chi connectivity index (χ4v) is 4.15. The minimum Gasteiger partial charge on any atom is -0.309 e. The lowest BCUT2D eigenvalue weighted by Crippen LogP contribution is -2.08. The summed E-state index contributed by atoms with van der Waals surface area (Å²) in [5, 5.41) is 2.69. The Morgan fingerprint density at radius 3 is 2.00 bits per heavy atom. The quantitative estimate of drug-likeness (QED) is 0.427. The minimum absolute atomic E-state index is 1.20. The molecular weight excluding hydrogens is 278 g/mol. The third-order valence-electron chi connectivity index (χ3n) is 5.19. The third kappa shape index (κ3) is 1.86. The molecule has 112 valence electrons. The van der Waals surface area contributed by atoms with Gasteiger partial charge in [-0.15, -0.1) is 0 Å². The van der Waals surface area contributed by atoms with Crippen LogP contribution in [0.1, 0.15) is 24.0 Å². The maximum absolute atomic E-state index is 2.47. The van der Waals surface area contributed by atoms with Crippen molar-refractivity contribution < 1.29 is 0 Å². The first-order valence-corrected chi connectivity index (χ1v) is 8.53. The zero-order valence-corrected chi connectivity index (χ0v) is 13.1. The molecule has 23 heavy (non-hydrogen) atoms. The number of rotatable bonds is 1. The number of para-hydroxylation sites is 2. The summed E-state index contributed by atoms with van der Waals surface area (Å²) in [6.07, 6.45) is 5.05. The number of fused-ring (bicyclic) bond motifs is 4. The summed E-state index contributed by atoms with van der Waals surface area (Å²) in [7, 11) is 0. The summed E-state index contributed by atoms with van der Waals surface area (Å²) < 4.78 is 2.47. The molecule has 0 spiro atoms. The number of aryl methyl sites for hydroxylation is 1. The van der Waals surface area contributed by atoms with Crippen molar-refractivity contribution in [2.45, 2.75) is 25.7 Å². The Labute approximate surface area is 136 Å². The molecule has 0 fully saturated rings. The molecule has 1 aliphatic carbocycles. The molecule has 1 aliphatic rings. The molecule has 1 heteroatoms. The first-order chi connectivity index (χ1) is 11.4. The van der Waals surface area contributed by atoms with Crippen LogP contribution in [0.2, 0.25) is 0 Å². The molecule has 0 amide bonds. The van der Waals surface area contributed by atoms with Crippen LogP contribution in [0.25, 0.3) is 27.5 Å². The average Bonchev–Trinajstić information content (AvgIpc) is 2.96. The Morgan fingerprint density at radius 2 is 1.26 bits per heavy atom. The van der Waals surface area contributed by atoms with Crippen LogP contribution in [0.4, 0.5) is 0 Å². The fourth-order valence-electron chi connectivity index (χ4n) is 4.15. The molecular formula is C22H19N. The largest absolute Gasteiger partial charge is 0.309 e. The molecule has 0 saturated heterocycles. The van der Waals surface area contributed by atoms with E-state index in [0.29, 0.717) is 0 Å². The van der Waals surface area contributed by atoms with Gasteiger partial charge < -0.3 is 4.57 Å². The Bertz CT molecular complexity index is 969. The van der Waals surface area contributed by atoms with Crippen LogP contribution in [-0.4, -0.2) is 4.57 Å². The first kappa shape index (κ1) is 13.0. The van der Waals surface area contributed by atoms with Gasteiger partial charge in [-0.1, -0.05) is 48.5 Å². The smallest absolute Gasteiger partial charge is 0.0541 e. The van der Waals surface area contributed by atoms with Crippen molar-refractivity contribution in [1.82, 2.24) is 4.57 Å².